The molecule has 0 saturated carbocycles. The average molecular weight is 510 g/mol. The maximum Gasteiger partial charge on any atom is 0.410 e. The van der Waals surface area contributed by atoms with Crippen LogP contribution in [0.4, 0.5) is 9.18 Å². The monoisotopic (exact) mass is 509 g/mol. The minimum atomic E-state index is -1.69. The molecule has 1 aliphatic rings. The molecular formula is C29H32FNO6. The predicted octanol–water partition coefficient (Wildman–Crippen LogP) is 3.87. The molecule has 0 radical (unpaired) electrons. The fraction of sp³-hybridized carbons (Fsp3) is 0.345. The summed E-state index contributed by atoms with van der Waals surface area (Å²) in [7, 11) is 0. The van der Waals surface area contributed by atoms with E-state index < -0.39 is 43.2 Å². The number of benzene rings is 3. The van der Waals surface area contributed by atoms with Gasteiger partial charge in [-0.15, -0.1) is 0 Å². The van der Waals surface area contributed by atoms with E-state index >= 15 is 4.39 Å². The molecule has 7 nitrogen and oxygen atoms in total. The summed E-state index contributed by atoms with van der Waals surface area (Å²) < 4.78 is 33.2. The molecule has 5 atom stereocenters. The molecule has 0 unspecified atom stereocenters. The van der Waals surface area contributed by atoms with Crippen molar-refractivity contribution in [3.05, 3.63) is 108 Å². The Morgan fingerprint density at radius 1 is 0.838 bits per heavy atom. The van der Waals surface area contributed by atoms with Gasteiger partial charge in [0, 0.05) is 0 Å². The quantitative estimate of drug-likeness (QED) is 0.408. The van der Waals surface area contributed by atoms with Gasteiger partial charge >= 0.3 is 6.09 Å². The summed E-state index contributed by atoms with van der Waals surface area (Å²) in [5.41, 5.74) is 2.48. The summed E-state index contributed by atoms with van der Waals surface area (Å²) in [5.74, 6) is 0. The fourth-order valence-electron chi connectivity index (χ4n) is 4.50. The van der Waals surface area contributed by atoms with Crippen molar-refractivity contribution < 1.29 is 33.6 Å². The van der Waals surface area contributed by atoms with E-state index in [0.717, 1.165) is 21.6 Å². The molecule has 2 N–H and O–H groups in total. The van der Waals surface area contributed by atoms with Gasteiger partial charge in [0.1, 0.15) is 18.8 Å². The standard InChI is InChI=1S/C29H32FNO6/c30-26-24(20-35-17-21-10-4-1-5-11-21)31(29(34)37-19-23-14-8-3-9-15-23)27(25(33)16-32)28(26)36-18-22-12-6-2-7-13-22/h1-15,24-28,32-33H,16-20H2/t24-,25-,26-,27-,28+/m0/s1. The molecule has 1 heterocycles. The second-order valence-corrected chi connectivity index (χ2v) is 8.96. The summed E-state index contributed by atoms with van der Waals surface area (Å²) in [6.45, 7) is -0.550. The van der Waals surface area contributed by atoms with E-state index in [2.05, 4.69) is 0 Å². The summed E-state index contributed by atoms with van der Waals surface area (Å²) in [5, 5.41) is 20.4. The summed E-state index contributed by atoms with van der Waals surface area (Å²) in [6, 6.07) is 25.5. The third-order valence-electron chi connectivity index (χ3n) is 6.38. The fourth-order valence-corrected chi connectivity index (χ4v) is 4.50. The lowest BCUT2D eigenvalue weighted by Crippen LogP contribution is -2.52. The van der Waals surface area contributed by atoms with E-state index in [4.69, 9.17) is 14.2 Å². The number of likely N-dealkylation sites (tertiary alicyclic amines) is 1. The first-order valence-corrected chi connectivity index (χ1v) is 12.3. The van der Waals surface area contributed by atoms with Crippen molar-refractivity contribution in [3.63, 3.8) is 0 Å². The van der Waals surface area contributed by atoms with Crippen molar-refractivity contribution in [2.24, 2.45) is 0 Å². The summed E-state index contributed by atoms with van der Waals surface area (Å²) in [4.78, 5) is 14.4. The molecule has 3 aromatic rings. The van der Waals surface area contributed by atoms with Gasteiger partial charge in [-0.2, -0.15) is 0 Å². The number of aliphatic hydroxyl groups excluding tert-OH is 2. The Bertz CT molecular complexity index is 1090. The Kier molecular flexibility index (Phi) is 9.62. The third kappa shape index (κ3) is 6.93. The number of ether oxygens (including phenoxy) is 3. The smallest absolute Gasteiger partial charge is 0.410 e. The van der Waals surface area contributed by atoms with Crippen LogP contribution in [0.2, 0.25) is 0 Å². The van der Waals surface area contributed by atoms with Crippen LogP contribution >= 0.6 is 0 Å². The van der Waals surface area contributed by atoms with Crippen LogP contribution in [0.15, 0.2) is 91.0 Å². The highest BCUT2D eigenvalue weighted by molar-refractivity contribution is 5.69. The van der Waals surface area contributed by atoms with Crippen molar-refractivity contribution >= 4 is 6.09 Å². The lowest BCUT2D eigenvalue weighted by Gasteiger charge is -2.32. The van der Waals surface area contributed by atoms with Crippen molar-refractivity contribution in [1.29, 1.82) is 0 Å². The number of rotatable bonds is 11. The third-order valence-corrected chi connectivity index (χ3v) is 6.38. The van der Waals surface area contributed by atoms with E-state index in [1.165, 1.54) is 0 Å². The van der Waals surface area contributed by atoms with Gasteiger partial charge in [0.2, 0.25) is 0 Å². The van der Waals surface area contributed by atoms with Gasteiger partial charge in [-0.25, -0.2) is 9.18 Å². The second kappa shape index (κ2) is 13.3. The van der Waals surface area contributed by atoms with Crippen LogP contribution in [-0.2, 0) is 34.0 Å². The van der Waals surface area contributed by atoms with Gasteiger partial charge < -0.3 is 24.4 Å². The van der Waals surface area contributed by atoms with E-state index in [9.17, 15) is 15.0 Å². The lowest BCUT2D eigenvalue weighted by atomic mass is 10.0. The highest BCUT2D eigenvalue weighted by Crippen LogP contribution is 2.34. The largest absolute Gasteiger partial charge is 0.445 e. The highest BCUT2D eigenvalue weighted by Gasteiger charge is 2.55. The number of carbonyl (C=O) groups is 1. The summed E-state index contributed by atoms with van der Waals surface area (Å²) in [6.07, 6.45) is -5.14. The Labute approximate surface area is 216 Å². The zero-order valence-electron chi connectivity index (χ0n) is 20.4. The van der Waals surface area contributed by atoms with Gasteiger partial charge in [0.05, 0.1) is 38.5 Å². The molecule has 8 heteroatoms. The predicted molar refractivity (Wildman–Crippen MR) is 135 cm³/mol. The van der Waals surface area contributed by atoms with Crippen LogP contribution in [-0.4, -0.2) is 64.9 Å². The van der Waals surface area contributed by atoms with E-state index in [1.807, 2.05) is 91.0 Å². The first kappa shape index (κ1) is 26.8. The number of nitrogens with zero attached hydrogens (tertiary/aromatic N) is 1. The maximum absolute atomic E-state index is 16.0. The Balaban J connectivity index is 1.53. The topological polar surface area (TPSA) is 88.5 Å². The molecule has 1 saturated heterocycles. The van der Waals surface area contributed by atoms with Gasteiger partial charge in [-0.05, 0) is 16.7 Å². The molecule has 1 aliphatic heterocycles. The molecule has 1 amide bonds. The molecule has 4 rings (SSSR count). The van der Waals surface area contributed by atoms with Crippen LogP contribution < -0.4 is 0 Å². The van der Waals surface area contributed by atoms with Crippen LogP contribution in [0.5, 0.6) is 0 Å². The molecule has 37 heavy (non-hydrogen) atoms. The van der Waals surface area contributed by atoms with Gasteiger partial charge in [0.15, 0.2) is 6.17 Å². The van der Waals surface area contributed by atoms with E-state index in [-0.39, 0.29) is 26.4 Å². The number of halogens is 1. The van der Waals surface area contributed by atoms with Crippen molar-refractivity contribution in [2.45, 2.75) is 50.3 Å². The normalized spacial score (nSPS) is 22.1. The minimum Gasteiger partial charge on any atom is -0.445 e. The molecule has 1 fully saturated rings. The van der Waals surface area contributed by atoms with Crippen LogP contribution in [0, 0.1) is 0 Å². The number of carbonyl (C=O) groups excluding carboxylic acids is 1. The Morgan fingerprint density at radius 3 is 1.89 bits per heavy atom. The number of hydrogen-bond acceptors (Lipinski definition) is 6. The Hall–Kier alpha value is -3.30. The zero-order chi connectivity index (χ0) is 26.0. The van der Waals surface area contributed by atoms with E-state index in [0.29, 0.717) is 0 Å². The number of hydrogen-bond donors (Lipinski definition) is 2. The van der Waals surface area contributed by atoms with Gasteiger partial charge in [-0.1, -0.05) is 91.0 Å². The Morgan fingerprint density at radius 2 is 1.35 bits per heavy atom. The van der Waals surface area contributed by atoms with Crippen LogP contribution in [0.3, 0.4) is 0 Å². The van der Waals surface area contributed by atoms with Crippen LogP contribution in [0.1, 0.15) is 16.7 Å². The first-order valence-electron chi connectivity index (χ1n) is 12.3. The molecule has 196 valence electrons. The van der Waals surface area contributed by atoms with Crippen molar-refractivity contribution in [2.75, 3.05) is 13.2 Å². The van der Waals surface area contributed by atoms with Crippen LogP contribution in [0.25, 0.3) is 0 Å². The number of aliphatic hydroxyl groups is 2. The molecule has 0 aromatic heterocycles. The zero-order valence-corrected chi connectivity index (χ0v) is 20.4. The van der Waals surface area contributed by atoms with Crippen molar-refractivity contribution in [1.82, 2.24) is 4.90 Å². The molecule has 0 spiro atoms. The SMILES string of the molecule is O=C(OCc1ccccc1)N1[C@@H]([C@@H](O)CO)[C@H](OCc2ccccc2)[C@@H](F)[C@@H]1COCc1ccccc1. The average Bonchev–Trinajstić information content (AvgIpc) is 3.23. The van der Waals surface area contributed by atoms with Crippen molar-refractivity contribution in [3.8, 4) is 0 Å². The molecular weight excluding hydrogens is 477 g/mol. The maximum atomic E-state index is 16.0. The second-order valence-electron chi connectivity index (χ2n) is 8.96. The minimum absolute atomic E-state index is 0.0256. The number of amides is 1. The first-order chi connectivity index (χ1) is 18.1. The van der Waals surface area contributed by atoms with E-state index in [1.54, 1.807) is 0 Å². The molecule has 3 aromatic carbocycles. The number of alkyl halides is 1. The summed E-state index contributed by atoms with van der Waals surface area (Å²) >= 11 is 0. The highest BCUT2D eigenvalue weighted by atomic mass is 19.1. The molecule has 0 bridgehead atoms. The molecule has 0 aliphatic carbocycles. The van der Waals surface area contributed by atoms with Gasteiger partial charge in [0.25, 0.3) is 0 Å². The lowest BCUT2D eigenvalue weighted by molar-refractivity contribution is -0.0602. The van der Waals surface area contributed by atoms with Gasteiger partial charge in [-0.3, -0.25) is 4.90 Å².